The Morgan fingerprint density at radius 2 is 2.08 bits per heavy atom. The van der Waals surface area contributed by atoms with E-state index in [2.05, 4.69) is 15.9 Å². The molecule has 0 fully saturated rings. The maximum Gasteiger partial charge on any atom is 0.162 e. The Kier molecular flexibility index (Phi) is 2.20. The van der Waals surface area contributed by atoms with Crippen molar-refractivity contribution in [3.05, 3.63) is 24.3 Å². The van der Waals surface area contributed by atoms with Gasteiger partial charge in [-0.25, -0.2) is 0 Å². The summed E-state index contributed by atoms with van der Waals surface area (Å²) in [5, 5.41) is 0.772. The molecule has 70 valence electrons. The van der Waals surface area contributed by atoms with Crippen molar-refractivity contribution in [2.75, 3.05) is 11.9 Å². The molecule has 3 heteroatoms. The summed E-state index contributed by atoms with van der Waals surface area (Å²) in [5.41, 5.74) is -0.242. The summed E-state index contributed by atoms with van der Waals surface area (Å²) >= 11 is 3.41. The maximum atomic E-state index is 5.80. The van der Waals surface area contributed by atoms with Crippen molar-refractivity contribution >= 4 is 15.9 Å². The number of alkyl halides is 1. The Labute approximate surface area is 86.0 Å². The number of hydrogen-bond acceptors (Lipinski definition) is 2. The van der Waals surface area contributed by atoms with E-state index in [1.165, 1.54) is 0 Å². The van der Waals surface area contributed by atoms with Crippen LogP contribution in [-0.4, -0.2) is 17.5 Å². The van der Waals surface area contributed by atoms with Gasteiger partial charge in [-0.1, -0.05) is 28.1 Å². The zero-order valence-electron chi connectivity index (χ0n) is 7.42. The van der Waals surface area contributed by atoms with Crippen LogP contribution in [0.15, 0.2) is 24.3 Å². The van der Waals surface area contributed by atoms with Gasteiger partial charge in [0.15, 0.2) is 11.5 Å². The average molecular weight is 243 g/mol. The number of benzene rings is 1. The molecule has 1 heterocycles. The van der Waals surface area contributed by atoms with Gasteiger partial charge in [-0.2, -0.15) is 0 Å². The Balaban J connectivity index is 2.29. The minimum atomic E-state index is -0.242. The van der Waals surface area contributed by atoms with Crippen molar-refractivity contribution in [3.63, 3.8) is 0 Å². The van der Waals surface area contributed by atoms with Gasteiger partial charge in [0, 0.05) is 5.33 Å². The van der Waals surface area contributed by atoms with E-state index in [-0.39, 0.29) is 5.60 Å². The molecule has 0 amide bonds. The summed E-state index contributed by atoms with van der Waals surface area (Å²) in [6.07, 6.45) is 0. The summed E-state index contributed by atoms with van der Waals surface area (Å²) in [6.45, 7) is 2.62. The van der Waals surface area contributed by atoms with E-state index in [0.29, 0.717) is 6.61 Å². The second-order valence-corrected chi connectivity index (χ2v) is 3.98. The molecule has 0 radical (unpaired) electrons. The number of hydrogen-bond donors (Lipinski definition) is 0. The Morgan fingerprint density at radius 3 is 2.77 bits per heavy atom. The van der Waals surface area contributed by atoms with Crippen LogP contribution in [0.3, 0.4) is 0 Å². The lowest BCUT2D eigenvalue weighted by Gasteiger charge is -2.33. The maximum absolute atomic E-state index is 5.80. The monoisotopic (exact) mass is 242 g/mol. The Hall–Kier alpha value is -0.700. The van der Waals surface area contributed by atoms with E-state index in [4.69, 9.17) is 9.47 Å². The molecule has 1 unspecified atom stereocenters. The highest BCUT2D eigenvalue weighted by molar-refractivity contribution is 9.09. The third-order valence-corrected chi connectivity index (χ3v) is 3.21. The lowest BCUT2D eigenvalue weighted by Crippen LogP contribution is -2.43. The predicted molar refractivity (Wildman–Crippen MR) is 54.8 cm³/mol. The fraction of sp³-hybridized carbons (Fsp3) is 0.400. The molecule has 1 aliphatic rings. The van der Waals surface area contributed by atoms with Crippen molar-refractivity contribution in [1.82, 2.24) is 0 Å². The molecular weight excluding hydrogens is 232 g/mol. The highest BCUT2D eigenvalue weighted by Crippen LogP contribution is 2.35. The van der Waals surface area contributed by atoms with Crippen LogP contribution in [0.1, 0.15) is 6.92 Å². The number of halogens is 1. The highest BCUT2D eigenvalue weighted by Gasteiger charge is 2.31. The van der Waals surface area contributed by atoms with E-state index < -0.39 is 0 Å². The third kappa shape index (κ3) is 1.66. The van der Waals surface area contributed by atoms with Gasteiger partial charge in [-0.3, -0.25) is 0 Å². The Morgan fingerprint density at radius 1 is 1.38 bits per heavy atom. The van der Waals surface area contributed by atoms with Crippen LogP contribution in [0, 0.1) is 0 Å². The topological polar surface area (TPSA) is 18.5 Å². The van der Waals surface area contributed by atoms with Gasteiger partial charge in [0.05, 0.1) is 0 Å². The quantitative estimate of drug-likeness (QED) is 0.706. The summed E-state index contributed by atoms with van der Waals surface area (Å²) in [5.74, 6) is 1.66. The van der Waals surface area contributed by atoms with Crippen LogP contribution in [0.25, 0.3) is 0 Å². The van der Waals surface area contributed by atoms with Gasteiger partial charge < -0.3 is 9.47 Å². The van der Waals surface area contributed by atoms with Crippen LogP contribution in [0.5, 0.6) is 11.5 Å². The van der Waals surface area contributed by atoms with Gasteiger partial charge in [0.2, 0.25) is 0 Å². The second-order valence-electron chi connectivity index (χ2n) is 3.42. The van der Waals surface area contributed by atoms with E-state index in [1.807, 2.05) is 31.2 Å². The van der Waals surface area contributed by atoms with E-state index >= 15 is 0 Å². The molecule has 2 rings (SSSR count). The largest absolute Gasteiger partial charge is 0.486 e. The number of fused-ring (bicyclic) bond motifs is 1. The van der Waals surface area contributed by atoms with Crippen LogP contribution < -0.4 is 9.47 Å². The van der Waals surface area contributed by atoms with Crippen LogP contribution in [0.2, 0.25) is 0 Å². The minimum absolute atomic E-state index is 0.242. The normalized spacial score (nSPS) is 25.7. The van der Waals surface area contributed by atoms with Crippen LogP contribution in [-0.2, 0) is 0 Å². The van der Waals surface area contributed by atoms with Gasteiger partial charge in [-0.15, -0.1) is 0 Å². The molecule has 0 aliphatic carbocycles. The standard InChI is InChI=1S/C10H11BrO2/c1-10(6-11)7-12-8-4-2-3-5-9(8)13-10/h2-5H,6-7H2,1H3. The van der Waals surface area contributed by atoms with Gasteiger partial charge in [-0.05, 0) is 19.1 Å². The highest BCUT2D eigenvalue weighted by atomic mass is 79.9. The molecule has 0 saturated heterocycles. The van der Waals surface area contributed by atoms with Crippen molar-refractivity contribution in [3.8, 4) is 11.5 Å². The summed E-state index contributed by atoms with van der Waals surface area (Å²) < 4.78 is 11.4. The summed E-state index contributed by atoms with van der Waals surface area (Å²) in [7, 11) is 0. The summed E-state index contributed by atoms with van der Waals surface area (Å²) in [6, 6.07) is 7.74. The van der Waals surface area contributed by atoms with Gasteiger partial charge in [0.1, 0.15) is 12.2 Å². The first-order valence-corrected chi connectivity index (χ1v) is 5.32. The molecule has 1 aliphatic heterocycles. The fourth-order valence-corrected chi connectivity index (χ4v) is 1.52. The SMILES string of the molecule is CC1(CBr)COc2ccccc2O1. The molecule has 13 heavy (non-hydrogen) atoms. The molecular formula is C10H11BrO2. The number of ether oxygens (including phenoxy) is 2. The smallest absolute Gasteiger partial charge is 0.162 e. The molecule has 1 aromatic carbocycles. The molecule has 1 aromatic rings. The second kappa shape index (κ2) is 3.22. The third-order valence-electron chi connectivity index (χ3n) is 2.02. The van der Waals surface area contributed by atoms with Crippen molar-refractivity contribution < 1.29 is 9.47 Å². The lowest BCUT2D eigenvalue weighted by molar-refractivity contribution is 0.0261. The Bertz CT molecular complexity index is 314. The first-order valence-electron chi connectivity index (χ1n) is 4.20. The van der Waals surface area contributed by atoms with Gasteiger partial charge in [0.25, 0.3) is 0 Å². The van der Waals surface area contributed by atoms with E-state index in [0.717, 1.165) is 16.8 Å². The molecule has 2 nitrogen and oxygen atoms in total. The summed E-state index contributed by atoms with van der Waals surface area (Å²) in [4.78, 5) is 0. The molecule has 0 aromatic heterocycles. The number of para-hydroxylation sites is 2. The molecule has 0 bridgehead atoms. The first kappa shape index (κ1) is 8.88. The molecule has 1 atom stereocenters. The lowest BCUT2D eigenvalue weighted by atomic mass is 10.1. The average Bonchev–Trinajstić information content (AvgIpc) is 2.18. The fourth-order valence-electron chi connectivity index (χ4n) is 1.24. The molecule has 0 N–H and O–H groups in total. The van der Waals surface area contributed by atoms with Crippen molar-refractivity contribution in [2.45, 2.75) is 12.5 Å². The van der Waals surface area contributed by atoms with Crippen LogP contribution in [0.4, 0.5) is 0 Å². The van der Waals surface area contributed by atoms with E-state index in [1.54, 1.807) is 0 Å². The molecule has 0 spiro atoms. The number of rotatable bonds is 1. The van der Waals surface area contributed by atoms with Gasteiger partial charge >= 0.3 is 0 Å². The van der Waals surface area contributed by atoms with Crippen LogP contribution >= 0.6 is 15.9 Å². The minimum Gasteiger partial charge on any atom is -0.486 e. The zero-order chi connectivity index (χ0) is 9.31. The van der Waals surface area contributed by atoms with E-state index in [9.17, 15) is 0 Å². The predicted octanol–water partition coefficient (Wildman–Crippen LogP) is 2.61. The van der Waals surface area contributed by atoms with Crippen molar-refractivity contribution in [1.29, 1.82) is 0 Å². The zero-order valence-corrected chi connectivity index (χ0v) is 9.00. The van der Waals surface area contributed by atoms with Crippen molar-refractivity contribution in [2.24, 2.45) is 0 Å². The molecule has 0 saturated carbocycles. The first-order chi connectivity index (χ1) is 6.23.